The van der Waals surface area contributed by atoms with E-state index < -0.39 is 20.2 Å². The van der Waals surface area contributed by atoms with Crippen LogP contribution in [0.25, 0.3) is 0 Å². The summed E-state index contributed by atoms with van der Waals surface area (Å²) in [7, 11) is -3.80. The molecule has 0 saturated heterocycles. The maximum absolute atomic E-state index is 12.5. The molecule has 7 heteroatoms. The first-order chi connectivity index (χ1) is 9.78. The van der Waals surface area contributed by atoms with E-state index in [9.17, 15) is 8.42 Å². The number of thiophene rings is 1. The van der Waals surface area contributed by atoms with Gasteiger partial charge >= 0.3 is 18.9 Å². The van der Waals surface area contributed by atoms with Gasteiger partial charge in [-0.3, -0.25) is 0 Å². The predicted molar refractivity (Wildman–Crippen MR) is 90.3 cm³/mol. The molecule has 1 aromatic rings. The van der Waals surface area contributed by atoms with Gasteiger partial charge in [-0.05, 0) is 24.8 Å². The zero-order valence-corrected chi connectivity index (χ0v) is 15.6. The van der Waals surface area contributed by atoms with Crippen LogP contribution in [-0.4, -0.2) is 13.2 Å². The molecule has 0 bridgehead atoms. The molecule has 1 aliphatic rings. The fraction of sp³-hybridized carbons (Fsp3) is 0.467. The van der Waals surface area contributed by atoms with E-state index in [1.807, 2.05) is 31.4 Å². The van der Waals surface area contributed by atoms with Crippen molar-refractivity contribution in [2.45, 2.75) is 43.3 Å². The Labute approximate surface area is 153 Å². The number of primary sulfonamides is 1. The number of sulfonamides is 1. The summed E-state index contributed by atoms with van der Waals surface area (Å²) in [6, 6.07) is 1.80. The number of allylic oxidation sites excluding steroid dienone is 3. The average molecular weight is 353 g/mol. The van der Waals surface area contributed by atoms with Crippen LogP contribution >= 0.6 is 22.9 Å². The average Bonchev–Trinajstić information content (AvgIpc) is 2.83. The van der Waals surface area contributed by atoms with Gasteiger partial charge in [0.05, 0.1) is 5.02 Å². The Hall–Kier alpha value is -0.0226. The van der Waals surface area contributed by atoms with Gasteiger partial charge in [-0.15, -0.1) is 11.3 Å². The molecule has 2 rings (SSSR count). The Bertz CT molecular complexity index is 683. The zero-order chi connectivity index (χ0) is 15.7. The molecule has 0 aromatic carbocycles. The first-order valence-electron chi connectivity index (χ1n) is 6.91. The molecule has 0 spiro atoms. The van der Waals surface area contributed by atoms with Gasteiger partial charge in [0, 0.05) is 10.3 Å². The summed E-state index contributed by atoms with van der Waals surface area (Å²) in [5.41, 5.74) is -0.754. The van der Waals surface area contributed by atoms with Gasteiger partial charge < -0.3 is 0 Å². The van der Waals surface area contributed by atoms with Crippen LogP contribution in [0.5, 0.6) is 0 Å². The maximum atomic E-state index is 12.5. The second kappa shape index (κ2) is 7.25. The standard InChI is InChI=1S/C15H20ClNO2S2.Li/c1-3-4-9-15(21(17,18)19)10-6-5-8-14(15,2)13-12(16)7-11-20-13;/h5-8,10-11H,3-4,9H2,1-2H3,(H2,17,18,19);/q;+1. The van der Waals surface area contributed by atoms with E-state index in [1.165, 1.54) is 11.3 Å². The third kappa shape index (κ3) is 3.13. The molecule has 2 N–H and O–H groups in total. The number of hydrogen-bond acceptors (Lipinski definition) is 3. The molecule has 1 aromatic heterocycles. The molecule has 3 nitrogen and oxygen atoms in total. The first kappa shape index (κ1) is 20.0. The largest absolute Gasteiger partial charge is 1.00 e. The molecule has 2 unspecified atom stereocenters. The summed E-state index contributed by atoms with van der Waals surface area (Å²) in [6.07, 6.45) is 9.44. The SMILES string of the molecule is CCCCC1(S(N)(=O)=O)C=CC=CC1(C)c1sccc1Cl.[Li+]. The van der Waals surface area contributed by atoms with Crippen LogP contribution in [0, 0.1) is 0 Å². The van der Waals surface area contributed by atoms with E-state index in [4.69, 9.17) is 16.7 Å². The summed E-state index contributed by atoms with van der Waals surface area (Å²) in [6.45, 7) is 3.94. The van der Waals surface area contributed by atoms with Gasteiger partial charge in [-0.25, -0.2) is 13.6 Å². The molecule has 0 aliphatic heterocycles. The smallest absolute Gasteiger partial charge is 0.228 e. The van der Waals surface area contributed by atoms with Crippen LogP contribution in [0.2, 0.25) is 5.02 Å². The number of nitrogens with two attached hydrogens (primary N) is 1. The second-order valence-electron chi connectivity index (χ2n) is 5.56. The molecule has 0 amide bonds. The topological polar surface area (TPSA) is 60.2 Å². The molecule has 0 radical (unpaired) electrons. The summed E-state index contributed by atoms with van der Waals surface area (Å²) >= 11 is 7.76. The molecular weight excluding hydrogens is 333 g/mol. The van der Waals surface area contributed by atoms with E-state index in [-0.39, 0.29) is 18.9 Å². The summed E-state index contributed by atoms with van der Waals surface area (Å²) in [5, 5.41) is 8.13. The van der Waals surface area contributed by atoms with E-state index >= 15 is 0 Å². The van der Waals surface area contributed by atoms with Gasteiger partial charge in [0.15, 0.2) is 0 Å². The van der Waals surface area contributed by atoms with Crippen molar-refractivity contribution in [3.05, 3.63) is 45.7 Å². The van der Waals surface area contributed by atoms with Gasteiger partial charge in [0.25, 0.3) is 0 Å². The van der Waals surface area contributed by atoms with Crippen LogP contribution in [0.1, 0.15) is 38.0 Å². The van der Waals surface area contributed by atoms with Crippen molar-refractivity contribution in [3.63, 3.8) is 0 Å². The van der Waals surface area contributed by atoms with E-state index in [1.54, 1.807) is 18.2 Å². The number of hydrogen-bond donors (Lipinski definition) is 1. The zero-order valence-electron chi connectivity index (χ0n) is 13.2. The second-order valence-corrected chi connectivity index (χ2v) is 8.70. The molecular formula is C15H20ClLiNO2S2+. The van der Waals surface area contributed by atoms with E-state index in [0.717, 1.165) is 17.7 Å². The van der Waals surface area contributed by atoms with Gasteiger partial charge in [-0.1, -0.05) is 55.7 Å². The summed E-state index contributed by atoms with van der Waals surface area (Å²) < 4.78 is 23.8. The Morgan fingerprint density at radius 1 is 1.32 bits per heavy atom. The van der Waals surface area contributed by atoms with Crippen molar-refractivity contribution in [1.29, 1.82) is 0 Å². The number of rotatable bonds is 5. The Balaban J connectivity index is 0.00000242. The van der Waals surface area contributed by atoms with Crippen molar-refractivity contribution >= 4 is 33.0 Å². The Morgan fingerprint density at radius 2 is 1.95 bits per heavy atom. The van der Waals surface area contributed by atoms with Gasteiger partial charge in [0.1, 0.15) is 4.75 Å². The first-order valence-corrected chi connectivity index (χ1v) is 9.72. The Kier molecular flexibility index (Phi) is 6.60. The molecule has 0 fully saturated rings. The van der Waals surface area contributed by atoms with Crippen molar-refractivity contribution < 1.29 is 27.3 Å². The molecule has 1 heterocycles. The quantitative estimate of drug-likeness (QED) is 0.804. The van der Waals surface area contributed by atoms with Crippen molar-refractivity contribution in [1.82, 2.24) is 0 Å². The summed E-state index contributed by atoms with van der Waals surface area (Å²) in [5.74, 6) is 0. The van der Waals surface area contributed by atoms with Crippen LogP contribution in [0.4, 0.5) is 0 Å². The number of halogens is 1. The minimum absolute atomic E-state index is 0. The molecule has 1 aliphatic carbocycles. The minimum atomic E-state index is -3.80. The third-order valence-electron chi connectivity index (χ3n) is 4.28. The number of unbranched alkanes of at least 4 members (excludes halogenated alkanes) is 1. The van der Waals surface area contributed by atoms with E-state index in [0.29, 0.717) is 11.4 Å². The molecule has 116 valence electrons. The van der Waals surface area contributed by atoms with Crippen LogP contribution in [0.15, 0.2) is 35.8 Å². The van der Waals surface area contributed by atoms with Gasteiger partial charge in [0.2, 0.25) is 10.0 Å². The minimum Gasteiger partial charge on any atom is -0.228 e. The normalized spacial score (nSPS) is 27.6. The fourth-order valence-electron chi connectivity index (χ4n) is 3.02. The fourth-order valence-corrected chi connectivity index (χ4v) is 6.03. The molecule has 0 saturated carbocycles. The van der Waals surface area contributed by atoms with Gasteiger partial charge in [-0.2, -0.15) is 0 Å². The van der Waals surface area contributed by atoms with Crippen molar-refractivity contribution in [2.24, 2.45) is 5.14 Å². The Morgan fingerprint density at radius 3 is 2.45 bits per heavy atom. The maximum Gasteiger partial charge on any atom is 1.00 e. The molecule has 2 atom stereocenters. The third-order valence-corrected chi connectivity index (χ3v) is 7.64. The monoisotopic (exact) mass is 352 g/mol. The van der Waals surface area contributed by atoms with Crippen molar-refractivity contribution in [3.8, 4) is 0 Å². The van der Waals surface area contributed by atoms with Crippen LogP contribution < -0.4 is 24.0 Å². The van der Waals surface area contributed by atoms with Crippen LogP contribution in [-0.2, 0) is 15.4 Å². The summed E-state index contributed by atoms with van der Waals surface area (Å²) in [4.78, 5) is 0.842. The van der Waals surface area contributed by atoms with Crippen molar-refractivity contribution in [2.75, 3.05) is 0 Å². The predicted octanol–water partition coefficient (Wildman–Crippen LogP) is 1.01. The van der Waals surface area contributed by atoms with Crippen LogP contribution in [0.3, 0.4) is 0 Å². The van der Waals surface area contributed by atoms with E-state index in [2.05, 4.69) is 0 Å². The molecule has 22 heavy (non-hydrogen) atoms.